The van der Waals surface area contributed by atoms with E-state index in [1.54, 1.807) is 7.05 Å². The molecular formula is C10H14F3NS. The lowest BCUT2D eigenvalue weighted by Crippen LogP contribution is -2.23. The maximum atomic E-state index is 12.3. The Morgan fingerprint density at radius 3 is 2.33 bits per heavy atom. The van der Waals surface area contributed by atoms with Gasteiger partial charge in [-0.1, -0.05) is 0 Å². The van der Waals surface area contributed by atoms with E-state index < -0.39 is 18.6 Å². The van der Waals surface area contributed by atoms with Crippen LogP contribution < -0.4 is 5.32 Å². The first-order valence-corrected chi connectivity index (χ1v) is 5.46. The molecule has 1 rings (SSSR count). The van der Waals surface area contributed by atoms with E-state index in [-0.39, 0.29) is 0 Å². The largest absolute Gasteiger partial charge is 0.390 e. The second-order valence-corrected chi connectivity index (χ2v) is 4.85. The van der Waals surface area contributed by atoms with Gasteiger partial charge in [-0.15, -0.1) is 11.3 Å². The first-order valence-electron chi connectivity index (χ1n) is 4.64. The van der Waals surface area contributed by atoms with Gasteiger partial charge in [0, 0.05) is 9.75 Å². The van der Waals surface area contributed by atoms with Gasteiger partial charge in [-0.25, -0.2) is 0 Å². The maximum Gasteiger partial charge on any atom is 0.390 e. The van der Waals surface area contributed by atoms with E-state index in [2.05, 4.69) is 5.32 Å². The summed E-state index contributed by atoms with van der Waals surface area (Å²) >= 11 is 1.43. The van der Waals surface area contributed by atoms with E-state index >= 15 is 0 Å². The summed E-state index contributed by atoms with van der Waals surface area (Å²) in [6, 6.07) is 1.30. The molecule has 0 saturated carbocycles. The molecule has 1 unspecified atom stereocenters. The van der Waals surface area contributed by atoms with Gasteiger partial charge in [-0.3, -0.25) is 0 Å². The van der Waals surface area contributed by atoms with E-state index in [9.17, 15) is 13.2 Å². The highest BCUT2D eigenvalue weighted by atomic mass is 32.1. The lowest BCUT2D eigenvalue weighted by Gasteiger charge is -2.17. The van der Waals surface area contributed by atoms with Crippen LogP contribution in [0.2, 0.25) is 0 Å². The predicted octanol–water partition coefficient (Wildman–Crippen LogP) is 3.58. The third kappa shape index (κ3) is 3.50. The van der Waals surface area contributed by atoms with Crippen LogP contribution in [0, 0.1) is 13.8 Å². The Labute approximate surface area is 91.3 Å². The van der Waals surface area contributed by atoms with E-state index in [1.165, 1.54) is 11.3 Å². The van der Waals surface area contributed by atoms with Crippen LogP contribution in [0.3, 0.4) is 0 Å². The van der Waals surface area contributed by atoms with E-state index in [4.69, 9.17) is 0 Å². The smallest absolute Gasteiger partial charge is 0.312 e. The van der Waals surface area contributed by atoms with Crippen LogP contribution in [0.1, 0.15) is 27.8 Å². The van der Waals surface area contributed by atoms with E-state index in [0.717, 1.165) is 15.3 Å². The van der Waals surface area contributed by atoms with Gasteiger partial charge >= 0.3 is 6.18 Å². The number of rotatable bonds is 3. The van der Waals surface area contributed by atoms with Crippen molar-refractivity contribution in [2.75, 3.05) is 7.05 Å². The molecule has 0 aliphatic rings. The average Bonchev–Trinajstić information content (AvgIpc) is 2.39. The fourth-order valence-corrected chi connectivity index (χ4v) is 2.71. The topological polar surface area (TPSA) is 12.0 Å². The highest BCUT2D eigenvalue weighted by molar-refractivity contribution is 7.12. The SMILES string of the molecule is CNC(CC(F)(F)F)c1sc(C)cc1C. The summed E-state index contributed by atoms with van der Waals surface area (Å²) in [5.74, 6) is 0. The van der Waals surface area contributed by atoms with E-state index in [0.29, 0.717) is 0 Å². The Hall–Kier alpha value is -0.550. The molecule has 0 spiro atoms. The molecule has 0 bridgehead atoms. The number of halogens is 3. The summed E-state index contributed by atoms with van der Waals surface area (Å²) in [6.07, 6.45) is -4.94. The number of alkyl halides is 3. The van der Waals surface area contributed by atoms with Crippen molar-refractivity contribution in [3.63, 3.8) is 0 Å². The zero-order chi connectivity index (χ0) is 11.6. The molecule has 1 N–H and O–H groups in total. The van der Waals surface area contributed by atoms with Gasteiger partial charge in [0.1, 0.15) is 0 Å². The molecule has 1 aromatic rings. The summed E-state index contributed by atoms with van der Waals surface area (Å²) in [5, 5.41) is 2.72. The van der Waals surface area contributed by atoms with Gasteiger partial charge in [0.25, 0.3) is 0 Å². The predicted molar refractivity (Wildman–Crippen MR) is 56.3 cm³/mol. The minimum Gasteiger partial charge on any atom is -0.312 e. The third-order valence-corrected chi connectivity index (χ3v) is 3.45. The Kier molecular flexibility index (Phi) is 3.78. The summed E-state index contributed by atoms with van der Waals surface area (Å²) < 4.78 is 36.8. The molecule has 0 radical (unpaired) electrons. The Balaban J connectivity index is 2.88. The van der Waals surface area contributed by atoms with Crippen molar-refractivity contribution in [3.05, 3.63) is 21.4 Å². The monoisotopic (exact) mass is 237 g/mol. The van der Waals surface area contributed by atoms with Crippen molar-refractivity contribution in [2.24, 2.45) is 0 Å². The van der Waals surface area contributed by atoms with Crippen LogP contribution in [0.4, 0.5) is 13.2 Å². The zero-order valence-electron chi connectivity index (χ0n) is 8.90. The van der Waals surface area contributed by atoms with Gasteiger partial charge < -0.3 is 5.32 Å². The van der Waals surface area contributed by atoms with Crippen LogP contribution in [-0.2, 0) is 0 Å². The Morgan fingerprint density at radius 2 is 2.00 bits per heavy atom. The first-order chi connectivity index (χ1) is 6.83. The fraction of sp³-hybridized carbons (Fsp3) is 0.600. The van der Waals surface area contributed by atoms with Gasteiger partial charge in [0.15, 0.2) is 0 Å². The number of hydrogen-bond acceptors (Lipinski definition) is 2. The van der Waals surface area contributed by atoms with Gasteiger partial charge in [-0.05, 0) is 32.5 Å². The third-order valence-electron chi connectivity index (χ3n) is 2.18. The summed E-state index contributed by atoms with van der Waals surface area (Å²) in [6.45, 7) is 3.75. The van der Waals surface area contributed by atoms with Crippen molar-refractivity contribution in [1.29, 1.82) is 0 Å². The van der Waals surface area contributed by atoms with Gasteiger partial charge in [0.05, 0.1) is 12.5 Å². The normalized spacial score (nSPS) is 14.3. The molecule has 1 atom stereocenters. The highest BCUT2D eigenvalue weighted by Crippen LogP contribution is 2.34. The van der Waals surface area contributed by atoms with Crippen molar-refractivity contribution >= 4 is 11.3 Å². The molecule has 0 aliphatic heterocycles. The van der Waals surface area contributed by atoms with Crippen molar-refractivity contribution in [2.45, 2.75) is 32.5 Å². The van der Waals surface area contributed by atoms with Gasteiger partial charge in [-0.2, -0.15) is 13.2 Å². The summed E-state index contributed by atoms with van der Waals surface area (Å²) in [5.41, 5.74) is 0.932. The Morgan fingerprint density at radius 1 is 1.40 bits per heavy atom. The van der Waals surface area contributed by atoms with Crippen LogP contribution in [0.25, 0.3) is 0 Å². The minimum atomic E-state index is -4.13. The minimum absolute atomic E-state index is 0.622. The number of thiophene rings is 1. The summed E-state index contributed by atoms with van der Waals surface area (Å²) in [7, 11) is 1.56. The maximum absolute atomic E-state index is 12.3. The molecule has 0 saturated heterocycles. The molecular weight excluding hydrogens is 223 g/mol. The molecule has 0 aliphatic carbocycles. The van der Waals surface area contributed by atoms with Gasteiger partial charge in [0.2, 0.25) is 0 Å². The lowest BCUT2D eigenvalue weighted by atomic mass is 10.1. The second-order valence-electron chi connectivity index (χ2n) is 3.56. The molecule has 15 heavy (non-hydrogen) atoms. The highest BCUT2D eigenvalue weighted by Gasteiger charge is 2.33. The quantitative estimate of drug-likeness (QED) is 0.847. The standard InChI is InChI=1S/C10H14F3NS/c1-6-4-7(2)15-9(6)8(14-3)5-10(11,12)13/h4,8,14H,5H2,1-3H3. The molecule has 86 valence electrons. The molecule has 0 amide bonds. The number of aryl methyl sites for hydroxylation is 2. The molecule has 1 nitrogen and oxygen atoms in total. The number of hydrogen-bond donors (Lipinski definition) is 1. The number of nitrogens with one attached hydrogen (secondary N) is 1. The Bertz CT molecular complexity index is 330. The van der Waals surface area contributed by atoms with Crippen LogP contribution >= 0.6 is 11.3 Å². The van der Waals surface area contributed by atoms with Crippen LogP contribution in [0.15, 0.2) is 6.07 Å². The first kappa shape index (κ1) is 12.5. The molecule has 1 heterocycles. The average molecular weight is 237 g/mol. The lowest BCUT2D eigenvalue weighted by molar-refractivity contribution is -0.140. The molecule has 0 aromatic carbocycles. The zero-order valence-corrected chi connectivity index (χ0v) is 9.72. The molecule has 1 aromatic heterocycles. The van der Waals surface area contributed by atoms with Crippen molar-refractivity contribution in [1.82, 2.24) is 5.32 Å². The second kappa shape index (κ2) is 4.53. The molecule has 0 fully saturated rings. The molecule has 5 heteroatoms. The van der Waals surface area contributed by atoms with Crippen LogP contribution in [-0.4, -0.2) is 13.2 Å². The van der Waals surface area contributed by atoms with E-state index in [1.807, 2.05) is 19.9 Å². The van der Waals surface area contributed by atoms with Crippen molar-refractivity contribution < 1.29 is 13.2 Å². The summed E-state index contributed by atoms with van der Waals surface area (Å²) in [4.78, 5) is 1.83. The van der Waals surface area contributed by atoms with Crippen LogP contribution in [0.5, 0.6) is 0 Å². The van der Waals surface area contributed by atoms with Crippen molar-refractivity contribution in [3.8, 4) is 0 Å². The fourth-order valence-electron chi connectivity index (χ4n) is 1.56.